The van der Waals surface area contributed by atoms with Crippen molar-refractivity contribution in [3.63, 3.8) is 0 Å². The minimum Gasteiger partial charge on any atom is -0.406 e. The first kappa shape index (κ1) is 26.8. The highest BCUT2D eigenvalue weighted by molar-refractivity contribution is 7.86. The van der Waals surface area contributed by atoms with E-state index < -0.39 is 34.1 Å². The van der Waals surface area contributed by atoms with Crippen molar-refractivity contribution in [3.05, 3.63) is 53.8 Å². The van der Waals surface area contributed by atoms with E-state index in [4.69, 9.17) is 0 Å². The molecular formula is C23H25F4N5O4S. The minimum atomic E-state index is -4.86. The highest BCUT2D eigenvalue weighted by Gasteiger charge is 2.33. The molecule has 0 saturated carbocycles. The molecule has 14 heteroatoms. The molecule has 2 heterocycles. The number of imidazole rings is 1. The molecule has 1 aliphatic heterocycles. The zero-order valence-electron chi connectivity index (χ0n) is 20.0. The van der Waals surface area contributed by atoms with Crippen LogP contribution in [-0.4, -0.2) is 66.0 Å². The molecule has 200 valence electrons. The van der Waals surface area contributed by atoms with Gasteiger partial charge in [-0.25, -0.2) is 9.37 Å². The summed E-state index contributed by atoms with van der Waals surface area (Å²) in [6.45, 7) is 0.322. The summed E-state index contributed by atoms with van der Waals surface area (Å²) in [5, 5.41) is 2.74. The third-order valence-electron chi connectivity index (χ3n) is 6.03. The number of amides is 1. The van der Waals surface area contributed by atoms with Crippen LogP contribution in [0.4, 0.5) is 23.5 Å². The standard InChI is InChI=1S/C23H25F4N5O4S/c1-30(2)37(34,35)31-10-8-16(9-11-31)21(33)29-22-28-19-7-6-17(24)13-20(19)32(22)14-15-4-3-5-18(12-15)36-23(25,26)27/h3-7,12-13,16H,8-11,14H2,1-2H3,(H,28,29,33). The van der Waals surface area contributed by atoms with Gasteiger partial charge in [0.25, 0.3) is 10.2 Å². The number of halogens is 4. The lowest BCUT2D eigenvalue weighted by Crippen LogP contribution is -2.46. The Kier molecular flexibility index (Phi) is 7.44. The third kappa shape index (κ3) is 6.19. The van der Waals surface area contributed by atoms with Crippen molar-refractivity contribution in [2.45, 2.75) is 25.7 Å². The Morgan fingerprint density at radius 3 is 2.51 bits per heavy atom. The second-order valence-electron chi connectivity index (χ2n) is 8.80. The van der Waals surface area contributed by atoms with Gasteiger partial charge in [0.1, 0.15) is 11.6 Å². The van der Waals surface area contributed by atoms with E-state index in [0.717, 1.165) is 10.4 Å². The van der Waals surface area contributed by atoms with E-state index in [1.165, 1.54) is 53.3 Å². The molecule has 3 aromatic rings. The lowest BCUT2D eigenvalue weighted by Gasteiger charge is -2.32. The zero-order chi connectivity index (χ0) is 27.0. The molecule has 1 saturated heterocycles. The number of carbonyl (C=O) groups is 1. The van der Waals surface area contributed by atoms with Crippen LogP contribution in [0, 0.1) is 11.7 Å². The monoisotopic (exact) mass is 543 g/mol. The molecule has 9 nitrogen and oxygen atoms in total. The minimum absolute atomic E-state index is 0.0237. The number of alkyl halides is 3. The van der Waals surface area contributed by atoms with Crippen molar-refractivity contribution < 1.29 is 35.5 Å². The van der Waals surface area contributed by atoms with Crippen LogP contribution in [0.25, 0.3) is 11.0 Å². The van der Waals surface area contributed by atoms with Gasteiger partial charge in [0.2, 0.25) is 11.9 Å². The number of piperidine rings is 1. The number of nitrogens with one attached hydrogen (secondary N) is 1. The first-order valence-electron chi connectivity index (χ1n) is 11.3. The molecule has 1 amide bonds. The van der Waals surface area contributed by atoms with Gasteiger partial charge in [-0.15, -0.1) is 13.2 Å². The number of hydrogen-bond donors (Lipinski definition) is 1. The van der Waals surface area contributed by atoms with Crippen LogP contribution in [0.2, 0.25) is 0 Å². The predicted molar refractivity (Wildman–Crippen MR) is 127 cm³/mol. The number of benzene rings is 2. The average Bonchev–Trinajstić information content (AvgIpc) is 3.14. The summed E-state index contributed by atoms with van der Waals surface area (Å²) >= 11 is 0. The Hall–Kier alpha value is -3.23. The Balaban J connectivity index is 1.56. The molecule has 2 aromatic carbocycles. The topological polar surface area (TPSA) is 96.8 Å². The average molecular weight is 544 g/mol. The molecule has 0 bridgehead atoms. The van der Waals surface area contributed by atoms with Gasteiger partial charge < -0.3 is 9.30 Å². The summed E-state index contributed by atoms with van der Waals surface area (Å²) in [6, 6.07) is 9.19. The molecular weight excluding hydrogens is 518 g/mol. The maximum Gasteiger partial charge on any atom is 0.573 e. The van der Waals surface area contributed by atoms with Crippen molar-refractivity contribution in [1.82, 2.24) is 18.2 Å². The molecule has 1 aliphatic rings. The van der Waals surface area contributed by atoms with E-state index in [0.29, 0.717) is 29.4 Å². The van der Waals surface area contributed by atoms with Crippen molar-refractivity contribution in [2.24, 2.45) is 5.92 Å². The van der Waals surface area contributed by atoms with Gasteiger partial charge in [-0.1, -0.05) is 12.1 Å². The normalized spacial score (nSPS) is 15.9. The van der Waals surface area contributed by atoms with E-state index in [1.807, 2.05) is 0 Å². The van der Waals surface area contributed by atoms with Crippen molar-refractivity contribution in [2.75, 3.05) is 32.5 Å². The van der Waals surface area contributed by atoms with E-state index in [9.17, 15) is 30.8 Å². The van der Waals surface area contributed by atoms with Crippen LogP contribution >= 0.6 is 0 Å². The van der Waals surface area contributed by atoms with Crippen molar-refractivity contribution >= 4 is 33.1 Å². The lowest BCUT2D eigenvalue weighted by molar-refractivity contribution is -0.274. The SMILES string of the molecule is CN(C)S(=O)(=O)N1CCC(C(=O)Nc2nc3ccc(F)cc3n2Cc2cccc(OC(F)(F)F)c2)CC1. The smallest absolute Gasteiger partial charge is 0.406 e. The third-order valence-corrected chi connectivity index (χ3v) is 7.97. The van der Waals surface area contributed by atoms with Crippen LogP contribution < -0.4 is 10.1 Å². The molecule has 37 heavy (non-hydrogen) atoms. The van der Waals surface area contributed by atoms with E-state index in [1.54, 1.807) is 6.07 Å². The number of aromatic nitrogens is 2. The van der Waals surface area contributed by atoms with Gasteiger partial charge >= 0.3 is 6.36 Å². The Labute approximate surface area is 210 Å². The van der Waals surface area contributed by atoms with Crippen LogP contribution in [0.3, 0.4) is 0 Å². The summed E-state index contributed by atoms with van der Waals surface area (Å²) in [5.41, 5.74) is 1.12. The fourth-order valence-corrected chi connectivity index (χ4v) is 5.30. The summed E-state index contributed by atoms with van der Waals surface area (Å²) in [5.74, 6) is -1.73. The molecule has 0 atom stereocenters. The summed E-state index contributed by atoms with van der Waals surface area (Å²) < 4.78 is 84.6. The van der Waals surface area contributed by atoms with Crippen LogP contribution in [0.1, 0.15) is 18.4 Å². The second kappa shape index (κ2) is 10.3. The molecule has 0 aliphatic carbocycles. The highest BCUT2D eigenvalue weighted by atomic mass is 32.2. The van der Waals surface area contributed by atoms with E-state index in [2.05, 4.69) is 15.0 Å². The highest BCUT2D eigenvalue weighted by Crippen LogP contribution is 2.28. The molecule has 1 aromatic heterocycles. The molecule has 1 fully saturated rings. The quantitative estimate of drug-likeness (QED) is 0.460. The van der Waals surface area contributed by atoms with Gasteiger partial charge in [0.05, 0.1) is 17.6 Å². The number of carbonyl (C=O) groups excluding carboxylic acids is 1. The maximum atomic E-state index is 14.0. The lowest BCUT2D eigenvalue weighted by atomic mass is 9.97. The molecule has 0 radical (unpaired) electrons. The Morgan fingerprint density at radius 2 is 1.86 bits per heavy atom. The van der Waals surface area contributed by atoms with Gasteiger partial charge in [-0.05, 0) is 48.7 Å². The summed E-state index contributed by atoms with van der Waals surface area (Å²) in [6.07, 6.45) is -4.26. The molecule has 1 N–H and O–H groups in total. The predicted octanol–water partition coefficient (Wildman–Crippen LogP) is 3.58. The largest absolute Gasteiger partial charge is 0.573 e. The fraction of sp³-hybridized carbons (Fsp3) is 0.391. The summed E-state index contributed by atoms with van der Waals surface area (Å²) in [4.78, 5) is 17.4. The van der Waals surface area contributed by atoms with E-state index >= 15 is 0 Å². The van der Waals surface area contributed by atoms with Gasteiger partial charge in [0, 0.05) is 33.1 Å². The number of hydrogen-bond acceptors (Lipinski definition) is 5. The van der Waals surface area contributed by atoms with Gasteiger partial charge in [-0.3, -0.25) is 10.1 Å². The second-order valence-corrected chi connectivity index (χ2v) is 10.9. The number of nitrogens with zero attached hydrogens (tertiary/aromatic N) is 4. The van der Waals surface area contributed by atoms with Crippen molar-refractivity contribution in [1.29, 1.82) is 0 Å². The zero-order valence-corrected chi connectivity index (χ0v) is 20.8. The number of fused-ring (bicyclic) bond motifs is 1. The Morgan fingerprint density at radius 1 is 1.16 bits per heavy atom. The summed E-state index contributed by atoms with van der Waals surface area (Å²) in [7, 11) is -0.710. The fourth-order valence-electron chi connectivity index (χ4n) is 4.17. The van der Waals surface area contributed by atoms with Crippen molar-refractivity contribution in [3.8, 4) is 5.75 Å². The van der Waals surface area contributed by atoms with Crippen LogP contribution in [-0.2, 0) is 21.5 Å². The van der Waals surface area contributed by atoms with Gasteiger partial charge in [-0.2, -0.15) is 17.0 Å². The van der Waals surface area contributed by atoms with E-state index in [-0.39, 0.29) is 31.5 Å². The number of anilines is 1. The van der Waals surface area contributed by atoms with Crippen LogP contribution in [0.5, 0.6) is 5.75 Å². The van der Waals surface area contributed by atoms with Gasteiger partial charge in [0.15, 0.2) is 0 Å². The first-order chi connectivity index (χ1) is 17.3. The molecule has 0 unspecified atom stereocenters. The first-order valence-corrected chi connectivity index (χ1v) is 12.7. The molecule has 0 spiro atoms. The number of ether oxygens (including phenoxy) is 1. The van der Waals surface area contributed by atoms with Crippen LogP contribution in [0.15, 0.2) is 42.5 Å². The maximum absolute atomic E-state index is 14.0. The molecule has 4 rings (SSSR count). The Bertz CT molecular complexity index is 1400. The number of rotatable bonds is 7.